The van der Waals surface area contributed by atoms with Gasteiger partial charge in [-0.25, -0.2) is 4.98 Å². The maximum Gasteiger partial charge on any atom is 0.138 e. The number of fused-ring (bicyclic) bond motifs is 2. The molecule has 194 valence electrons. The van der Waals surface area contributed by atoms with E-state index in [2.05, 4.69) is 53.4 Å². The van der Waals surface area contributed by atoms with Crippen molar-refractivity contribution in [2.24, 2.45) is 0 Å². The molecule has 0 aliphatic carbocycles. The number of ether oxygens (including phenoxy) is 1. The van der Waals surface area contributed by atoms with Gasteiger partial charge in [0.15, 0.2) is 0 Å². The molecule has 3 N–H and O–H groups in total. The topological polar surface area (TPSA) is 111 Å². The molecule has 10 nitrogen and oxygen atoms in total. The number of anilines is 1. The first kappa shape index (κ1) is 23.1. The second-order valence-electron chi connectivity index (χ2n) is 10.2. The molecule has 0 saturated carbocycles. The van der Waals surface area contributed by atoms with Crippen molar-refractivity contribution in [1.82, 2.24) is 40.3 Å². The number of piperazine rings is 1. The summed E-state index contributed by atoms with van der Waals surface area (Å²) in [5.74, 6) is 0.781. The van der Waals surface area contributed by atoms with E-state index in [1.54, 1.807) is 6.20 Å². The zero-order valence-corrected chi connectivity index (χ0v) is 21.4. The van der Waals surface area contributed by atoms with E-state index in [4.69, 9.17) is 9.72 Å². The van der Waals surface area contributed by atoms with E-state index in [1.807, 2.05) is 36.8 Å². The van der Waals surface area contributed by atoms with Gasteiger partial charge in [0.2, 0.25) is 0 Å². The minimum atomic E-state index is 0.219. The summed E-state index contributed by atoms with van der Waals surface area (Å²) < 4.78 is 6.22. The van der Waals surface area contributed by atoms with E-state index in [9.17, 15) is 0 Å². The lowest BCUT2D eigenvalue weighted by Gasteiger charge is -2.34. The van der Waals surface area contributed by atoms with Crippen molar-refractivity contribution in [3.8, 4) is 28.4 Å². The van der Waals surface area contributed by atoms with Crippen molar-refractivity contribution < 1.29 is 4.74 Å². The zero-order chi connectivity index (χ0) is 25.5. The summed E-state index contributed by atoms with van der Waals surface area (Å²) in [7, 11) is 2.17. The minimum absolute atomic E-state index is 0.219. The first-order chi connectivity index (χ1) is 18.7. The Morgan fingerprint density at radius 2 is 1.76 bits per heavy atom. The molecule has 0 radical (unpaired) electrons. The number of nitrogens with zero attached hydrogens (tertiary/aromatic N) is 6. The fourth-order valence-electron chi connectivity index (χ4n) is 5.44. The van der Waals surface area contributed by atoms with Crippen LogP contribution in [-0.2, 0) is 0 Å². The van der Waals surface area contributed by atoms with Crippen molar-refractivity contribution in [3.05, 3.63) is 49.1 Å². The van der Waals surface area contributed by atoms with Gasteiger partial charge >= 0.3 is 0 Å². The normalized spacial score (nSPS) is 17.4. The van der Waals surface area contributed by atoms with E-state index in [-0.39, 0.29) is 6.10 Å². The van der Waals surface area contributed by atoms with Crippen LogP contribution in [-0.4, -0.2) is 87.5 Å². The molecule has 0 amide bonds. The second-order valence-corrected chi connectivity index (χ2v) is 10.2. The van der Waals surface area contributed by atoms with Crippen LogP contribution in [0.3, 0.4) is 0 Å². The predicted molar refractivity (Wildman–Crippen MR) is 148 cm³/mol. The van der Waals surface area contributed by atoms with Crippen molar-refractivity contribution in [2.45, 2.75) is 18.9 Å². The van der Waals surface area contributed by atoms with Crippen LogP contribution in [0, 0.1) is 0 Å². The van der Waals surface area contributed by atoms with Crippen LogP contribution in [0.1, 0.15) is 12.8 Å². The molecule has 7 heterocycles. The molecule has 5 aromatic heterocycles. The lowest BCUT2D eigenvalue weighted by atomic mass is 10.1. The van der Waals surface area contributed by atoms with Gasteiger partial charge in [-0.3, -0.25) is 15.1 Å². The van der Waals surface area contributed by atoms with Crippen molar-refractivity contribution >= 4 is 27.6 Å². The van der Waals surface area contributed by atoms with Gasteiger partial charge in [-0.1, -0.05) is 0 Å². The van der Waals surface area contributed by atoms with Crippen molar-refractivity contribution in [2.75, 3.05) is 51.2 Å². The molecule has 0 unspecified atom stereocenters. The lowest BCUT2D eigenvalue weighted by molar-refractivity contribution is 0.162. The monoisotopic (exact) mass is 509 g/mol. The Morgan fingerprint density at radius 3 is 2.63 bits per heavy atom. The molecule has 2 fully saturated rings. The fourth-order valence-corrected chi connectivity index (χ4v) is 5.44. The SMILES string of the molecule is CN1CCN(c2cncc3[nH]c(-c4n[nH]c5ccc(-c6cncc(OC7CCNCC7)c6)nc45)cc23)CC1. The highest BCUT2D eigenvalue weighted by Crippen LogP contribution is 2.33. The lowest BCUT2D eigenvalue weighted by Crippen LogP contribution is -2.44. The van der Waals surface area contributed by atoms with Gasteiger partial charge in [-0.05, 0) is 57.2 Å². The van der Waals surface area contributed by atoms with Crippen LogP contribution in [0.4, 0.5) is 5.69 Å². The molecule has 10 heteroatoms. The first-order valence-electron chi connectivity index (χ1n) is 13.3. The maximum atomic E-state index is 6.22. The van der Waals surface area contributed by atoms with Crippen LogP contribution in [0.2, 0.25) is 0 Å². The summed E-state index contributed by atoms with van der Waals surface area (Å²) in [6.07, 6.45) is 9.69. The van der Waals surface area contributed by atoms with Crippen molar-refractivity contribution in [3.63, 3.8) is 0 Å². The van der Waals surface area contributed by atoms with Crippen LogP contribution >= 0.6 is 0 Å². The van der Waals surface area contributed by atoms with Crippen LogP contribution < -0.4 is 15.0 Å². The Balaban J connectivity index is 1.22. The van der Waals surface area contributed by atoms with Gasteiger partial charge in [0.05, 0.1) is 46.7 Å². The van der Waals surface area contributed by atoms with Crippen LogP contribution in [0.15, 0.2) is 49.1 Å². The van der Waals surface area contributed by atoms with E-state index in [1.165, 1.54) is 0 Å². The third kappa shape index (κ3) is 4.35. The number of piperidine rings is 1. The number of hydrogen-bond acceptors (Lipinski definition) is 8. The molecule has 0 spiro atoms. The van der Waals surface area contributed by atoms with Gasteiger partial charge in [0.25, 0.3) is 0 Å². The number of hydrogen-bond donors (Lipinski definition) is 3. The molecule has 0 bridgehead atoms. The standard InChI is InChI=1S/C28H31N9O/c1-36-8-10-37(11-9-36)26-17-31-16-25-21(26)13-24(32-25)28-27-23(34-35-28)3-2-22(33-27)18-12-20(15-30-14-18)38-19-4-6-29-7-5-19/h2-3,12-17,19,29,32H,4-11H2,1H3,(H,34,35). The Bertz CT molecular complexity index is 1580. The number of rotatable bonds is 5. The molecule has 0 atom stereocenters. The van der Waals surface area contributed by atoms with E-state index >= 15 is 0 Å². The van der Waals surface area contributed by atoms with Gasteiger partial charge in [0.1, 0.15) is 23.1 Å². The summed E-state index contributed by atoms with van der Waals surface area (Å²) >= 11 is 0. The van der Waals surface area contributed by atoms with E-state index < -0.39 is 0 Å². The number of H-pyrrole nitrogens is 2. The third-order valence-corrected chi connectivity index (χ3v) is 7.63. The van der Waals surface area contributed by atoms with E-state index in [0.717, 1.165) is 108 Å². The average molecular weight is 510 g/mol. The Labute approximate surface area is 220 Å². The molecule has 7 rings (SSSR count). The van der Waals surface area contributed by atoms with Gasteiger partial charge in [0, 0.05) is 43.3 Å². The summed E-state index contributed by atoms with van der Waals surface area (Å²) in [5.41, 5.74) is 7.31. The highest BCUT2D eigenvalue weighted by molar-refractivity contribution is 5.98. The van der Waals surface area contributed by atoms with Crippen molar-refractivity contribution in [1.29, 1.82) is 0 Å². The smallest absolute Gasteiger partial charge is 0.138 e. The number of likely N-dealkylation sites (N-methyl/N-ethyl adjacent to an activating group) is 1. The molecule has 5 aromatic rings. The highest BCUT2D eigenvalue weighted by atomic mass is 16.5. The van der Waals surface area contributed by atoms with Crippen LogP contribution in [0.5, 0.6) is 5.75 Å². The number of nitrogens with one attached hydrogen (secondary N) is 3. The molecular formula is C28H31N9O. The number of pyridine rings is 3. The van der Waals surface area contributed by atoms with Crippen LogP contribution in [0.25, 0.3) is 44.6 Å². The molecule has 2 aliphatic rings. The second kappa shape index (κ2) is 9.70. The average Bonchev–Trinajstić information content (AvgIpc) is 3.58. The van der Waals surface area contributed by atoms with Gasteiger partial charge in [-0.2, -0.15) is 5.10 Å². The Kier molecular flexibility index (Phi) is 5.90. The van der Waals surface area contributed by atoms with E-state index in [0.29, 0.717) is 0 Å². The summed E-state index contributed by atoms with van der Waals surface area (Å²) in [5, 5.41) is 12.3. The minimum Gasteiger partial charge on any atom is -0.489 e. The Morgan fingerprint density at radius 1 is 0.921 bits per heavy atom. The van der Waals surface area contributed by atoms with Gasteiger partial charge < -0.3 is 24.8 Å². The number of aromatic nitrogens is 6. The first-order valence-corrected chi connectivity index (χ1v) is 13.3. The number of aromatic amines is 2. The summed E-state index contributed by atoms with van der Waals surface area (Å²) in [4.78, 5) is 22.3. The quantitative estimate of drug-likeness (QED) is 0.330. The zero-order valence-electron chi connectivity index (χ0n) is 21.4. The fraction of sp³-hybridized carbons (Fsp3) is 0.357. The maximum absolute atomic E-state index is 6.22. The summed E-state index contributed by atoms with van der Waals surface area (Å²) in [6, 6.07) is 8.22. The predicted octanol–water partition coefficient (Wildman–Crippen LogP) is 3.45. The molecule has 0 aromatic carbocycles. The Hall–Kier alpha value is -4.02. The largest absolute Gasteiger partial charge is 0.489 e. The molecule has 38 heavy (non-hydrogen) atoms. The van der Waals surface area contributed by atoms with Gasteiger partial charge in [-0.15, -0.1) is 0 Å². The third-order valence-electron chi connectivity index (χ3n) is 7.63. The summed E-state index contributed by atoms with van der Waals surface area (Å²) in [6.45, 7) is 6.04. The molecule has 2 saturated heterocycles. The molecular weight excluding hydrogens is 478 g/mol. The molecule has 2 aliphatic heterocycles. The highest BCUT2D eigenvalue weighted by Gasteiger charge is 2.20.